The third-order valence-corrected chi connectivity index (χ3v) is 5.99. The molecule has 4 rings (SSSR count). The summed E-state index contributed by atoms with van der Waals surface area (Å²) in [6, 6.07) is 11.4. The monoisotopic (exact) mass is 441 g/mol. The topological polar surface area (TPSA) is 85.5 Å². The van der Waals surface area contributed by atoms with E-state index in [0.29, 0.717) is 18.4 Å². The highest BCUT2D eigenvalue weighted by Gasteiger charge is 2.21. The van der Waals surface area contributed by atoms with Crippen LogP contribution in [0.4, 0.5) is 0 Å². The van der Waals surface area contributed by atoms with Crippen molar-refractivity contribution in [3.8, 4) is 17.2 Å². The first-order chi connectivity index (χ1) is 15.0. The van der Waals surface area contributed by atoms with E-state index in [1.165, 1.54) is 11.8 Å². The lowest BCUT2D eigenvalue weighted by molar-refractivity contribution is -0.119. The molecule has 1 aromatic heterocycles. The highest BCUT2D eigenvalue weighted by atomic mass is 32.2. The van der Waals surface area contributed by atoms with Gasteiger partial charge in [-0.2, -0.15) is 0 Å². The number of carbonyl (C=O) groups is 1. The number of amides is 1. The molecule has 2 aromatic carbocycles. The van der Waals surface area contributed by atoms with E-state index in [9.17, 15) is 4.79 Å². The predicted molar refractivity (Wildman–Crippen MR) is 121 cm³/mol. The van der Waals surface area contributed by atoms with Gasteiger partial charge in [0.25, 0.3) is 0 Å². The zero-order valence-corrected chi connectivity index (χ0v) is 18.8. The normalized spacial score (nSPS) is 14.3. The maximum atomic E-state index is 12.7. The molecule has 0 unspecified atom stereocenters. The van der Waals surface area contributed by atoms with E-state index < -0.39 is 0 Å². The van der Waals surface area contributed by atoms with Crippen molar-refractivity contribution in [2.75, 3.05) is 26.1 Å². The fourth-order valence-corrected chi connectivity index (χ4v) is 4.21. The van der Waals surface area contributed by atoms with E-state index >= 15 is 0 Å². The van der Waals surface area contributed by atoms with Crippen molar-refractivity contribution in [2.24, 2.45) is 5.92 Å². The first-order valence-electron chi connectivity index (χ1n) is 10.4. The zero-order chi connectivity index (χ0) is 21.8. The molecular formula is C23H27N3O4S. The third kappa shape index (κ3) is 5.07. The van der Waals surface area contributed by atoms with Crippen LogP contribution in [0, 0.1) is 5.92 Å². The minimum absolute atomic E-state index is 0.0474. The van der Waals surface area contributed by atoms with Gasteiger partial charge in [0.2, 0.25) is 5.91 Å². The Labute approximate surface area is 185 Å². The molecule has 1 amide bonds. The largest absolute Gasteiger partial charge is 0.497 e. The molecule has 2 N–H and O–H groups in total. The number of aromatic nitrogens is 2. The maximum Gasteiger partial charge on any atom is 0.230 e. The number of ether oxygens (including phenoxy) is 3. The Morgan fingerprint density at radius 3 is 2.77 bits per heavy atom. The molecule has 0 aliphatic carbocycles. The Bertz CT molecular complexity index is 1070. The maximum absolute atomic E-state index is 12.7. The van der Waals surface area contributed by atoms with Crippen molar-refractivity contribution in [2.45, 2.75) is 31.5 Å². The number of nitrogens with one attached hydrogen (secondary N) is 2. The van der Waals surface area contributed by atoms with Gasteiger partial charge in [-0.05, 0) is 35.7 Å². The van der Waals surface area contributed by atoms with E-state index in [2.05, 4.69) is 29.1 Å². The van der Waals surface area contributed by atoms with Gasteiger partial charge in [0.15, 0.2) is 16.7 Å². The van der Waals surface area contributed by atoms with Crippen molar-refractivity contribution >= 4 is 28.7 Å². The van der Waals surface area contributed by atoms with Gasteiger partial charge >= 0.3 is 0 Å². The van der Waals surface area contributed by atoms with E-state index in [0.717, 1.165) is 40.3 Å². The van der Waals surface area contributed by atoms with E-state index in [-0.39, 0.29) is 23.6 Å². The average Bonchev–Trinajstić information content (AvgIpc) is 3.03. The van der Waals surface area contributed by atoms with Crippen LogP contribution >= 0.6 is 11.8 Å². The number of benzene rings is 2. The summed E-state index contributed by atoms with van der Waals surface area (Å²) in [7, 11) is 1.63. The van der Waals surface area contributed by atoms with Crippen molar-refractivity contribution in [1.82, 2.24) is 15.3 Å². The molecule has 3 aromatic rings. The van der Waals surface area contributed by atoms with Gasteiger partial charge < -0.3 is 24.5 Å². The van der Waals surface area contributed by atoms with Crippen molar-refractivity contribution in [1.29, 1.82) is 0 Å². The lowest BCUT2D eigenvalue weighted by atomic mass is 9.95. The van der Waals surface area contributed by atoms with E-state index in [1.807, 2.05) is 36.4 Å². The molecule has 1 aliphatic heterocycles. The molecule has 164 valence electrons. The molecule has 0 bridgehead atoms. The summed E-state index contributed by atoms with van der Waals surface area (Å²) in [4.78, 5) is 20.5. The van der Waals surface area contributed by atoms with Crippen molar-refractivity contribution in [3.05, 3.63) is 42.0 Å². The fourth-order valence-electron chi connectivity index (χ4n) is 3.52. The van der Waals surface area contributed by atoms with E-state index in [4.69, 9.17) is 14.2 Å². The molecule has 0 fully saturated rings. The lowest BCUT2D eigenvalue weighted by Crippen LogP contribution is -2.33. The minimum Gasteiger partial charge on any atom is -0.497 e. The van der Waals surface area contributed by atoms with Crippen LogP contribution in [0.25, 0.3) is 11.0 Å². The standard InChI is InChI=1S/C23H27N3O4S/c1-14(2)22(15-5-8-19-20(11-15)30-10-4-9-29-19)26-21(27)13-31-23-24-17-7-6-16(28-3)12-18(17)25-23/h5-8,11-12,14,22H,4,9-10,13H2,1-3H3,(H,24,25)(H,26,27)/t22-/m0/s1. The number of imidazole rings is 1. The minimum atomic E-state index is -0.120. The number of methoxy groups -OCH3 is 1. The van der Waals surface area contributed by atoms with Crippen LogP contribution in [0.5, 0.6) is 17.2 Å². The van der Waals surface area contributed by atoms with Crippen molar-refractivity contribution in [3.63, 3.8) is 0 Å². The number of rotatable bonds is 7. The molecule has 0 spiro atoms. The second-order valence-electron chi connectivity index (χ2n) is 7.76. The Kier molecular flexibility index (Phi) is 6.56. The smallest absolute Gasteiger partial charge is 0.230 e. The van der Waals surface area contributed by atoms with Gasteiger partial charge in [-0.15, -0.1) is 0 Å². The quantitative estimate of drug-likeness (QED) is 0.531. The number of hydrogen-bond acceptors (Lipinski definition) is 6. The SMILES string of the molecule is COc1ccc2nc(SCC(=O)N[C@H](c3ccc4c(c3)OCCCO4)C(C)C)[nH]c2c1. The number of aromatic amines is 1. The highest BCUT2D eigenvalue weighted by Crippen LogP contribution is 2.34. The molecule has 0 saturated carbocycles. The van der Waals surface area contributed by atoms with E-state index in [1.54, 1.807) is 7.11 Å². The summed E-state index contributed by atoms with van der Waals surface area (Å²) >= 11 is 1.38. The third-order valence-electron chi connectivity index (χ3n) is 5.12. The van der Waals surface area contributed by atoms with Gasteiger partial charge in [-0.1, -0.05) is 31.7 Å². The van der Waals surface area contributed by atoms with Crippen molar-refractivity contribution < 1.29 is 19.0 Å². The summed E-state index contributed by atoms with van der Waals surface area (Å²) in [5.41, 5.74) is 2.74. The van der Waals surface area contributed by atoms with Crippen LogP contribution in [0.15, 0.2) is 41.6 Å². The Morgan fingerprint density at radius 1 is 1.19 bits per heavy atom. The first-order valence-corrected chi connectivity index (χ1v) is 11.4. The van der Waals surface area contributed by atoms with Gasteiger partial charge in [-0.3, -0.25) is 4.79 Å². The van der Waals surface area contributed by atoms with Crippen LogP contribution in [-0.2, 0) is 4.79 Å². The molecule has 1 aliphatic rings. The molecule has 0 saturated heterocycles. The number of thioether (sulfide) groups is 1. The Balaban J connectivity index is 1.41. The lowest BCUT2D eigenvalue weighted by Gasteiger charge is -2.23. The van der Waals surface area contributed by atoms with Crippen LogP contribution < -0.4 is 19.5 Å². The number of H-pyrrole nitrogens is 1. The number of nitrogens with zero attached hydrogens (tertiary/aromatic N) is 1. The Hall–Kier alpha value is -2.87. The van der Waals surface area contributed by atoms with Gasteiger partial charge in [0.1, 0.15) is 5.75 Å². The predicted octanol–water partition coefficient (Wildman–Crippen LogP) is 4.34. The second kappa shape index (κ2) is 9.51. The molecule has 1 atom stereocenters. The highest BCUT2D eigenvalue weighted by molar-refractivity contribution is 7.99. The summed E-state index contributed by atoms with van der Waals surface area (Å²) in [5, 5.41) is 3.86. The fraction of sp³-hybridized carbons (Fsp3) is 0.391. The summed E-state index contributed by atoms with van der Waals surface area (Å²) in [6.07, 6.45) is 0.861. The van der Waals surface area contributed by atoms with Crippen LogP contribution in [0.1, 0.15) is 31.9 Å². The summed E-state index contributed by atoms with van der Waals surface area (Å²) in [5.74, 6) is 2.70. The van der Waals surface area contributed by atoms with Crippen LogP contribution in [0.3, 0.4) is 0 Å². The van der Waals surface area contributed by atoms with Crippen LogP contribution in [-0.4, -0.2) is 42.0 Å². The second-order valence-corrected chi connectivity index (χ2v) is 8.72. The summed E-state index contributed by atoms with van der Waals surface area (Å²) in [6.45, 7) is 5.47. The van der Waals surface area contributed by atoms with Gasteiger partial charge in [0.05, 0.1) is 43.2 Å². The summed E-state index contributed by atoms with van der Waals surface area (Å²) < 4.78 is 16.8. The zero-order valence-electron chi connectivity index (χ0n) is 17.9. The van der Waals surface area contributed by atoms with Crippen LogP contribution in [0.2, 0.25) is 0 Å². The number of hydrogen-bond donors (Lipinski definition) is 2. The molecule has 2 heterocycles. The number of carbonyl (C=O) groups excluding carboxylic acids is 1. The first kappa shape index (κ1) is 21.4. The molecule has 0 radical (unpaired) electrons. The molecule has 8 heteroatoms. The van der Waals surface area contributed by atoms with Gasteiger partial charge in [0, 0.05) is 12.5 Å². The molecule has 31 heavy (non-hydrogen) atoms. The van der Waals surface area contributed by atoms with Gasteiger partial charge in [-0.25, -0.2) is 4.98 Å². The molecule has 7 nitrogen and oxygen atoms in total. The Morgan fingerprint density at radius 2 is 2.00 bits per heavy atom. The number of fused-ring (bicyclic) bond motifs is 2. The average molecular weight is 442 g/mol. The molecular weight excluding hydrogens is 414 g/mol.